The van der Waals surface area contributed by atoms with E-state index in [9.17, 15) is 14.4 Å². The first kappa shape index (κ1) is 17.7. The van der Waals surface area contributed by atoms with Crippen LogP contribution in [0.1, 0.15) is 53.4 Å². The van der Waals surface area contributed by atoms with Gasteiger partial charge in [-0.1, -0.05) is 13.8 Å². The minimum Gasteiger partial charge on any atom is -0.465 e. The van der Waals surface area contributed by atoms with Crippen molar-refractivity contribution in [3.63, 3.8) is 0 Å². The van der Waals surface area contributed by atoms with Gasteiger partial charge in [0.1, 0.15) is 0 Å². The summed E-state index contributed by atoms with van der Waals surface area (Å²) in [5, 5.41) is 0. The van der Waals surface area contributed by atoms with E-state index in [1.807, 2.05) is 0 Å². The van der Waals surface area contributed by atoms with E-state index in [1.54, 1.807) is 13.8 Å². The van der Waals surface area contributed by atoms with Crippen LogP contribution in [-0.2, 0) is 23.9 Å². The zero-order chi connectivity index (χ0) is 16.0. The van der Waals surface area contributed by atoms with Crippen molar-refractivity contribution in [1.82, 2.24) is 0 Å². The first-order valence-electron chi connectivity index (χ1n) is 7.69. The van der Waals surface area contributed by atoms with Crippen molar-refractivity contribution in [1.29, 1.82) is 0 Å². The fourth-order valence-electron chi connectivity index (χ4n) is 2.70. The molecule has 0 spiro atoms. The Hall–Kier alpha value is -1.39. The summed E-state index contributed by atoms with van der Waals surface area (Å²) in [4.78, 5) is 36.4. The number of carbonyl (C=O) groups excluding carboxylic acids is 3. The van der Waals surface area contributed by atoms with Gasteiger partial charge in [-0.3, -0.25) is 14.4 Å². The molecule has 0 aromatic carbocycles. The van der Waals surface area contributed by atoms with Crippen LogP contribution in [0.2, 0.25) is 0 Å². The van der Waals surface area contributed by atoms with Crippen molar-refractivity contribution < 1.29 is 23.9 Å². The molecule has 0 unspecified atom stereocenters. The lowest BCUT2D eigenvalue weighted by molar-refractivity contribution is -0.165. The molecule has 0 aromatic heterocycles. The summed E-state index contributed by atoms with van der Waals surface area (Å²) in [7, 11) is 0. The number of hydrogen-bond acceptors (Lipinski definition) is 5. The van der Waals surface area contributed by atoms with Crippen LogP contribution in [0.3, 0.4) is 0 Å². The topological polar surface area (TPSA) is 69.7 Å². The van der Waals surface area contributed by atoms with Gasteiger partial charge in [0.25, 0.3) is 0 Å². The molecule has 0 N–H and O–H groups in total. The van der Waals surface area contributed by atoms with E-state index < -0.39 is 17.9 Å². The van der Waals surface area contributed by atoms with Crippen molar-refractivity contribution in [2.75, 3.05) is 13.2 Å². The Morgan fingerprint density at radius 3 is 1.81 bits per heavy atom. The molecule has 0 aliphatic heterocycles. The number of esters is 2. The third-order valence-corrected chi connectivity index (χ3v) is 4.07. The minimum atomic E-state index is -1.42. The predicted octanol–water partition coefficient (Wildman–Crippen LogP) is 2.51. The van der Waals surface area contributed by atoms with E-state index >= 15 is 0 Å². The summed E-state index contributed by atoms with van der Waals surface area (Å²) in [5.41, 5.74) is 0.222. The lowest BCUT2D eigenvalue weighted by atomic mass is 9.70. The minimum absolute atomic E-state index is 0.139. The fourth-order valence-corrected chi connectivity index (χ4v) is 2.70. The maximum absolute atomic E-state index is 12.5. The second-order valence-corrected chi connectivity index (χ2v) is 6.28. The van der Waals surface area contributed by atoms with Crippen LogP contribution in [0.15, 0.2) is 0 Å². The number of rotatable bonds is 6. The van der Waals surface area contributed by atoms with E-state index in [4.69, 9.17) is 9.47 Å². The fraction of sp³-hybridized carbons (Fsp3) is 0.812. The molecule has 5 nitrogen and oxygen atoms in total. The first-order chi connectivity index (χ1) is 9.82. The van der Waals surface area contributed by atoms with Crippen LogP contribution < -0.4 is 0 Å². The number of Topliss-reactive ketones (excluding diaryl/α,β-unsaturated/α-hetero) is 1. The summed E-state index contributed by atoms with van der Waals surface area (Å²) < 4.78 is 9.73. The standard InChI is InChI=1S/C16H26O5/c1-5-20-14(18)12(15(19)21-6-2)13(17)11-7-9-16(3,4)10-8-11/h11-12H,5-10H2,1-4H3. The molecule has 0 heterocycles. The second kappa shape index (κ2) is 7.57. The van der Waals surface area contributed by atoms with Crippen LogP contribution in [0.5, 0.6) is 0 Å². The Morgan fingerprint density at radius 1 is 1.00 bits per heavy atom. The number of ketones is 1. The van der Waals surface area contributed by atoms with Crippen LogP contribution >= 0.6 is 0 Å². The molecule has 0 bridgehead atoms. The average Bonchev–Trinajstić information content (AvgIpc) is 2.39. The monoisotopic (exact) mass is 298 g/mol. The van der Waals surface area contributed by atoms with E-state index in [0.29, 0.717) is 12.8 Å². The largest absolute Gasteiger partial charge is 0.465 e. The Kier molecular flexibility index (Phi) is 6.37. The number of ether oxygens (including phenoxy) is 2. The Labute approximate surface area is 126 Å². The molecule has 1 rings (SSSR count). The molecule has 0 aromatic rings. The summed E-state index contributed by atoms with van der Waals surface area (Å²) in [6.07, 6.45) is 3.26. The normalized spacial score (nSPS) is 18.3. The summed E-state index contributed by atoms with van der Waals surface area (Å²) in [6.45, 7) is 7.91. The highest BCUT2D eigenvalue weighted by Gasteiger charge is 2.42. The van der Waals surface area contributed by atoms with Gasteiger partial charge in [0.05, 0.1) is 13.2 Å². The van der Waals surface area contributed by atoms with Crippen molar-refractivity contribution >= 4 is 17.7 Å². The van der Waals surface area contributed by atoms with Gasteiger partial charge in [0.15, 0.2) is 5.78 Å². The highest BCUT2D eigenvalue weighted by Crippen LogP contribution is 2.39. The molecule has 1 fully saturated rings. The zero-order valence-corrected chi connectivity index (χ0v) is 13.4. The molecule has 0 atom stereocenters. The smallest absolute Gasteiger partial charge is 0.328 e. The van der Waals surface area contributed by atoms with Crippen LogP contribution in [0.4, 0.5) is 0 Å². The molecule has 120 valence electrons. The van der Waals surface area contributed by atoms with E-state index in [1.165, 1.54) is 0 Å². The molecule has 1 aliphatic carbocycles. The number of hydrogen-bond donors (Lipinski definition) is 0. The van der Waals surface area contributed by atoms with E-state index in [2.05, 4.69) is 13.8 Å². The first-order valence-corrected chi connectivity index (χ1v) is 7.69. The molecule has 0 saturated heterocycles. The van der Waals surface area contributed by atoms with Crippen molar-refractivity contribution in [3.05, 3.63) is 0 Å². The highest BCUT2D eigenvalue weighted by molar-refractivity contribution is 6.15. The molecule has 1 aliphatic rings. The van der Waals surface area contributed by atoms with Gasteiger partial charge < -0.3 is 9.47 Å². The van der Waals surface area contributed by atoms with Crippen molar-refractivity contribution in [3.8, 4) is 0 Å². The summed E-state index contributed by atoms with van der Waals surface area (Å²) >= 11 is 0. The quantitative estimate of drug-likeness (QED) is 0.556. The van der Waals surface area contributed by atoms with E-state index in [-0.39, 0.29) is 30.3 Å². The van der Waals surface area contributed by atoms with Gasteiger partial charge in [-0.25, -0.2) is 0 Å². The zero-order valence-electron chi connectivity index (χ0n) is 13.4. The average molecular weight is 298 g/mol. The summed E-state index contributed by atoms with van der Waals surface area (Å²) in [6, 6.07) is 0. The Balaban J connectivity index is 2.80. The second-order valence-electron chi connectivity index (χ2n) is 6.28. The molecular formula is C16H26O5. The van der Waals surface area contributed by atoms with E-state index in [0.717, 1.165) is 12.8 Å². The van der Waals surface area contributed by atoms with Gasteiger partial charge in [0.2, 0.25) is 5.92 Å². The van der Waals surface area contributed by atoms with Crippen molar-refractivity contribution in [2.45, 2.75) is 53.4 Å². The summed E-state index contributed by atoms with van der Waals surface area (Å²) in [5.74, 6) is -3.59. The third-order valence-electron chi connectivity index (χ3n) is 4.07. The maximum atomic E-state index is 12.5. The molecule has 1 saturated carbocycles. The lowest BCUT2D eigenvalue weighted by Gasteiger charge is -2.34. The highest BCUT2D eigenvalue weighted by atomic mass is 16.6. The predicted molar refractivity (Wildman–Crippen MR) is 77.5 cm³/mol. The van der Waals surface area contributed by atoms with Crippen molar-refractivity contribution in [2.24, 2.45) is 17.3 Å². The SMILES string of the molecule is CCOC(=O)C(C(=O)OCC)C(=O)C1CCC(C)(C)CC1. The van der Waals surface area contributed by atoms with Gasteiger partial charge >= 0.3 is 11.9 Å². The van der Waals surface area contributed by atoms with Crippen LogP contribution in [-0.4, -0.2) is 30.9 Å². The molecule has 0 amide bonds. The third kappa shape index (κ3) is 4.83. The molecular weight excluding hydrogens is 272 g/mol. The molecule has 0 radical (unpaired) electrons. The van der Waals surface area contributed by atoms with Crippen LogP contribution in [0, 0.1) is 17.3 Å². The van der Waals surface area contributed by atoms with Crippen LogP contribution in [0.25, 0.3) is 0 Å². The molecule has 21 heavy (non-hydrogen) atoms. The molecule has 5 heteroatoms. The van der Waals surface area contributed by atoms with Gasteiger partial charge in [0, 0.05) is 5.92 Å². The van der Waals surface area contributed by atoms with Gasteiger partial charge in [-0.2, -0.15) is 0 Å². The van der Waals surface area contributed by atoms with Gasteiger partial charge in [-0.15, -0.1) is 0 Å². The Morgan fingerprint density at radius 2 is 1.43 bits per heavy atom. The lowest BCUT2D eigenvalue weighted by Crippen LogP contribution is -2.40. The Bertz CT molecular complexity index is 371. The number of carbonyl (C=O) groups is 3. The maximum Gasteiger partial charge on any atom is 0.328 e. The van der Waals surface area contributed by atoms with Gasteiger partial charge in [-0.05, 0) is 44.9 Å².